The second kappa shape index (κ2) is 11.5. The quantitative estimate of drug-likeness (QED) is 0.126. The molecule has 0 bridgehead atoms. The van der Waals surface area contributed by atoms with Crippen LogP contribution >= 0.6 is 0 Å². The molecule has 0 radical (unpaired) electrons. The van der Waals surface area contributed by atoms with E-state index in [-0.39, 0.29) is 11.9 Å². The van der Waals surface area contributed by atoms with Gasteiger partial charge >= 0.3 is 5.97 Å². The van der Waals surface area contributed by atoms with Gasteiger partial charge in [0.15, 0.2) is 0 Å². The van der Waals surface area contributed by atoms with E-state index in [1.165, 1.54) is 23.2 Å². The third-order valence-corrected chi connectivity index (χ3v) is 9.56. The van der Waals surface area contributed by atoms with Crippen LogP contribution in [-0.4, -0.2) is 43.2 Å². The topological polar surface area (TPSA) is 107 Å². The Bertz CT molecular complexity index is 1680. The van der Waals surface area contributed by atoms with E-state index >= 15 is 0 Å². The lowest BCUT2D eigenvalue weighted by Gasteiger charge is -2.46. The van der Waals surface area contributed by atoms with Gasteiger partial charge in [-0.25, -0.2) is 5.84 Å². The van der Waals surface area contributed by atoms with Crippen LogP contribution < -0.4 is 21.3 Å². The van der Waals surface area contributed by atoms with Gasteiger partial charge in [0.05, 0.1) is 29.4 Å². The molecule has 43 heavy (non-hydrogen) atoms. The van der Waals surface area contributed by atoms with Gasteiger partial charge in [-0.3, -0.25) is 14.7 Å². The normalized spacial score (nSPS) is 16.9. The number of nitrogens with zero attached hydrogens (tertiary/aromatic N) is 3. The van der Waals surface area contributed by atoms with Crippen molar-refractivity contribution in [1.82, 2.24) is 9.88 Å². The average Bonchev–Trinajstić information content (AvgIpc) is 3.17. The molecule has 2 aliphatic rings. The van der Waals surface area contributed by atoms with Crippen molar-refractivity contribution in [1.29, 1.82) is 0 Å². The number of nitrogen functional groups attached to an aromatic ring is 1. The monoisotopic (exact) mass is 579 g/mol. The molecule has 1 saturated carbocycles. The number of hydrogen-bond donors (Lipinski definition) is 2. The van der Waals surface area contributed by atoms with Crippen LogP contribution in [0.3, 0.4) is 0 Å². The zero-order valence-corrected chi connectivity index (χ0v) is 25.5. The number of aromatic nitrogens is 1. The van der Waals surface area contributed by atoms with Crippen LogP contribution in [0.1, 0.15) is 58.6 Å². The van der Waals surface area contributed by atoms with Crippen molar-refractivity contribution < 1.29 is 14.3 Å². The molecule has 0 saturated heterocycles. The molecular formula is C35H41N5O3. The maximum atomic E-state index is 13.5. The highest BCUT2D eigenvalue weighted by atomic mass is 16.5. The second-order valence-corrected chi connectivity index (χ2v) is 12.2. The minimum absolute atomic E-state index is 0.161. The lowest BCUT2D eigenvalue weighted by Crippen LogP contribution is -2.45. The lowest BCUT2D eigenvalue weighted by atomic mass is 9.57. The number of hydrogen-bond acceptors (Lipinski definition) is 8. The number of esters is 1. The first-order chi connectivity index (χ1) is 20.7. The highest BCUT2D eigenvalue weighted by Crippen LogP contribution is 2.56. The summed E-state index contributed by atoms with van der Waals surface area (Å²) in [5.41, 5.74) is 15.0. The van der Waals surface area contributed by atoms with E-state index < -0.39 is 5.41 Å². The van der Waals surface area contributed by atoms with Crippen molar-refractivity contribution in [2.45, 2.75) is 52.1 Å². The molecule has 6 rings (SSSR count). The van der Waals surface area contributed by atoms with Crippen molar-refractivity contribution in [2.75, 3.05) is 38.1 Å². The first-order valence-corrected chi connectivity index (χ1v) is 15.0. The summed E-state index contributed by atoms with van der Waals surface area (Å²) < 4.78 is 11.6. The highest BCUT2D eigenvalue weighted by Gasteiger charge is 2.53. The smallest absolute Gasteiger partial charge is 0.312 e. The number of benzene rings is 3. The summed E-state index contributed by atoms with van der Waals surface area (Å²) in [7, 11) is 3.27. The summed E-state index contributed by atoms with van der Waals surface area (Å²) in [6.45, 7) is 7.13. The third-order valence-electron chi connectivity index (χ3n) is 9.56. The Morgan fingerprint density at radius 3 is 2.70 bits per heavy atom. The lowest BCUT2D eigenvalue weighted by molar-refractivity contribution is -0.159. The fourth-order valence-corrected chi connectivity index (χ4v) is 6.94. The number of aryl methyl sites for hydroxylation is 1. The Kier molecular flexibility index (Phi) is 7.75. The number of pyridine rings is 1. The predicted octanol–water partition coefficient (Wildman–Crippen LogP) is 5.61. The van der Waals surface area contributed by atoms with Gasteiger partial charge in [-0.15, -0.1) is 0 Å². The standard InChI is InChI=1S/C35H41N5O3/c1-22-8-9-25(17-26(22)20-40-15-16-43-31-19-24-7-5-14-38-29(24)18-27(31)21-40)32(35(12-6-13-35)34(41)42-4)28-10-11-30(39(3)37)33(36)23(28)2/h5,7-11,14,17-19,32H,6,12-13,15-16,20-21,36-37H2,1-4H3. The van der Waals surface area contributed by atoms with Crippen molar-refractivity contribution in [3.05, 3.63) is 94.2 Å². The van der Waals surface area contributed by atoms with Gasteiger partial charge in [0, 0.05) is 49.7 Å². The van der Waals surface area contributed by atoms with Crippen molar-refractivity contribution in [2.24, 2.45) is 11.3 Å². The number of nitrogens with two attached hydrogens (primary N) is 2. The number of carbonyl (C=O) groups excluding carboxylic acids is 1. The Morgan fingerprint density at radius 2 is 1.98 bits per heavy atom. The summed E-state index contributed by atoms with van der Waals surface area (Å²) in [5.74, 6) is 6.64. The number of methoxy groups -OCH3 is 1. The fraction of sp³-hybridized carbons (Fsp3) is 0.371. The number of anilines is 2. The first kappa shape index (κ1) is 29.0. The van der Waals surface area contributed by atoms with Crippen LogP contribution in [0.2, 0.25) is 0 Å². The van der Waals surface area contributed by atoms with E-state index in [4.69, 9.17) is 21.1 Å². The van der Waals surface area contributed by atoms with Gasteiger partial charge in [-0.05, 0) is 78.8 Å². The maximum absolute atomic E-state index is 13.5. The predicted molar refractivity (Wildman–Crippen MR) is 171 cm³/mol. The molecule has 1 aliphatic carbocycles. The Balaban J connectivity index is 1.38. The minimum Gasteiger partial charge on any atom is -0.492 e. The summed E-state index contributed by atoms with van der Waals surface area (Å²) in [5, 5.41) is 2.62. The molecule has 0 amide bonds. The SMILES string of the molecule is COC(=O)C1(C(c2ccc(C)c(CN3CCOc4cc5cccnc5cc4C3)c2)c2ccc(N(C)N)c(N)c2C)CCC1. The second-order valence-electron chi connectivity index (χ2n) is 12.2. The first-order valence-electron chi connectivity index (χ1n) is 15.0. The van der Waals surface area contributed by atoms with E-state index in [1.54, 1.807) is 7.05 Å². The van der Waals surface area contributed by atoms with E-state index in [0.29, 0.717) is 12.3 Å². The molecule has 8 nitrogen and oxygen atoms in total. The number of carbonyl (C=O) groups is 1. The van der Waals surface area contributed by atoms with Crippen molar-refractivity contribution in [3.63, 3.8) is 0 Å². The van der Waals surface area contributed by atoms with Gasteiger partial charge < -0.3 is 20.2 Å². The Labute approximate surface area is 253 Å². The maximum Gasteiger partial charge on any atom is 0.312 e. The van der Waals surface area contributed by atoms with Gasteiger partial charge in [0.1, 0.15) is 12.4 Å². The minimum atomic E-state index is -0.641. The van der Waals surface area contributed by atoms with Crippen LogP contribution in [-0.2, 0) is 22.6 Å². The number of hydrazine groups is 1. The molecule has 1 unspecified atom stereocenters. The Morgan fingerprint density at radius 1 is 1.16 bits per heavy atom. The molecule has 224 valence electrons. The third kappa shape index (κ3) is 5.19. The molecule has 3 aromatic carbocycles. The van der Waals surface area contributed by atoms with Crippen LogP contribution in [0.4, 0.5) is 11.4 Å². The summed E-state index contributed by atoms with van der Waals surface area (Å²) >= 11 is 0. The zero-order valence-electron chi connectivity index (χ0n) is 25.5. The molecular weight excluding hydrogens is 538 g/mol. The van der Waals surface area contributed by atoms with Crippen LogP contribution in [0.15, 0.2) is 60.8 Å². The van der Waals surface area contributed by atoms with E-state index in [2.05, 4.69) is 59.3 Å². The van der Waals surface area contributed by atoms with Crippen LogP contribution in [0.25, 0.3) is 10.9 Å². The molecule has 1 aliphatic heterocycles. The van der Waals surface area contributed by atoms with Crippen LogP contribution in [0.5, 0.6) is 5.75 Å². The summed E-state index contributed by atoms with van der Waals surface area (Å²) in [4.78, 5) is 20.5. The highest BCUT2D eigenvalue weighted by molar-refractivity contribution is 5.82. The molecule has 1 atom stereocenters. The number of ether oxygens (including phenoxy) is 2. The largest absolute Gasteiger partial charge is 0.492 e. The molecule has 4 N–H and O–H groups in total. The zero-order chi connectivity index (χ0) is 30.3. The summed E-state index contributed by atoms with van der Waals surface area (Å²) in [6.07, 6.45) is 4.36. The van der Waals surface area contributed by atoms with E-state index in [9.17, 15) is 4.79 Å². The van der Waals surface area contributed by atoms with Gasteiger partial charge in [0.25, 0.3) is 0 Å². The van der Waals surface area contributed by atoms with E-state index in [0.717, 1.165) is 83.5 Å². The van der Waals surface area contributed by atoms with Gasteiger partial charge in [-0.1, -0.05) is 36.8 Å². The molecule has 8 heteroatoms. The number of fused-ring (bicyclic) bond motifs is 2. The Hall–Kier alpha value is -4.14. The molecule has 1 fully saturated rings. The summed E-state index contributed by atoms with van der Waals surface area (Å²) in [6, 6.07) is 19.0. The van der Waals surface area contributed by atoms with Crippen molar-refractivity contribution in [3.8, 4) is 5.75 Å². The molecule has 1 aromatic heterocycles. The van der Waals surface area contributed by atoms with E-state index in [1.807, 2.05) is 25.3 Å². The molecule has 0 spiro atoms. The molecule has 2 heterocycles. The van der Waals surface area contributed by atoms with Crippen molar-refractivity contribution >= 4 is 28.2 Å². The van der Waals surface area contributed by atoms with Gasteiger partial charge in [-0.2, -0.15) is 0 Å². The number of rotatable bonds is 7. The van der Waals surface area contributed by atoms with Gasteiger partial charge in [0.2, 0.25) is 0 Å². The molecule has 4 aromatic rings. The average molecular weight is 580 g/mol. The van der Waals surface area contributed by atoms with Crippen LogP contribution in [0, 0.1) is 19.3 Å². The fourth-order valence-electron chi connectivity index (χ4n) is 6.94.